The van der Waals surface area contributed by atoms with Crippen molar-refractivity contribution in [3.8, 4) is 11.5 Å². The fourth-order valence-corrected chi connectivity index (χ4v) is 3.95. The first kappa shape index (κ1) is 18.0. The first-order chi connectivity index (χ1) is 11.9. The van der Waals surface area contributed by atoms with Gasteiger partial charge >= 0.3 is 0 Å². The van der Waals surface area contributed by atoms with Crippen LogP contribution in [-0.4, -0.2) is 70.9 Å². The average molecular weight is 370 g/mol. The van der Waals surface area contributed by atoms with E-state index in [1.165, 1.54) is 18.4 Å². The zero-order chi connectivity index (χ0) is 18.0. The van der Waals surface area contributed by atoms with Crippen LogP contribution in [0.1, 0.15) is 10.4 Å². The monoisotopic (exact) mass is 370 g/mol. The maximum Gasteiger partial charge on any atom is 0.251 e. The highest BCUT2D eigenvalue weighted by atomic mass is 32.2. The van der Waals surface area contributed by atoms with E-state index in [2.05, 4.69) is 5.32 Å². The number of ether oxygens (including phenoxy) is 3. The third-order valence-electron chi connectivity index (χ3n) is 4.30. The molecule has 9 heteroatoms. The predicted octanol–water partition coefficient (Wildman–Crippen LogP) is 0.0940. The normalized spacial score (nSPS) is 22.8. The molecule has 2 aliphatic rings. The third kappa shape index (κ3) is 4.05. The van der Waals surface area contributed by atoms with Crippen molar-refractivity contribution in [2.45, 2.75) is 6.04 Å². The van der Waals surface area contributed by atoms with Crippen LogP contribution >= 0.6 is 0 Å². The third-order valence-corrected chi connectivity index (χ3v) is 6.26. The molecule has 1 saturated heterocycles. The van der Waals surface area contributed by atoms with Gasteiger partial charge in [0.15, 0.2) is 11.5 Å². The number of hydrogen-bond donors (Lipinski definition) is 1. The Morgan fingerprint density at radius 3 is 2.64 bits per heavy atom. The fraction of sp³-hybridized carbons (Fsp3) is 0.562. The Labute approximate surface area is 147 Å². The molecule has 2 aliphatic heterocycles. The summed E-state index contributed by atoms with van der Waals surface area (Å²) in [5.74, 6) is 0.509. The molecule has 0 aliphatic carbocycles. The SMILES string of the molecule is CN(C)S(=O)(=O)C[C@@H]1COC[C@@H]1NC(=O)c1ccc2c(c1)OCCO2. The van der Waals surface area contributed by atoms with Gasteiger partial charge in [-0.15, -0.1) is 0 Å². The Morgan fingerprint density at radius 1 is 1.20 bits per heavy atom. The lowest BCUT2D eigenvalue weighted by atomic mass is 10.1. The van der Waals surface area contributed by atoms with Gasteiger partial charge in [0.05, 0.1) is 25.0 Å². The van der Waals surface area contributed by atoms with Crippen molar-refractivity contribution in [2.75, 3.05) is 46.3 Å². The van der Waals surface area contributed by atoms with Gasteiger partial charge in [-0.3, -0.25) is 4.79 Å². The zero-order valence-electron chi connectivity index (χ0n) is 14.2. The number of carbonyl (C=O) groups is 1. The lowest BCUT2D eigenvalue weighted by Gasteiger charge is -2.22. The Morgan fingerprint density at radius 2 is 1.92 bits per heavy atom. The lowest BCUT2D eigenvalue weighted by Crippen LogP contribution is -2.43. The maximum absolute atomic E-state index is 12.5. The van der Waals surface area contributed by atoms with Crippen LogP contribution in [0.25, 0.3) is 0 Å². The minimum Gasteiger partial charge on any atom is -0.486 e. The van der Waals surface area contributed by atoms with E-state index < -0.39 is 10.0 Å². The summed E-state index contributed by atoms with van der Waals surface area (Å²) >= 11 is 0. The number of nitrogens with zero attached hydrogens (tertiary/aromatic N) is 1. The molecule has 0 aromatic heterocycles. The van der Waals surface area contributed by atoms with Gasteiger partial charge < -0.3 is 19.5 Å². The largest absolute Gasteiger partial charge is 0.486 e. The number of amides is 1. The highest BCUT2D eigenvalue weighted by Gasteiger charge is 2.34. The number of benzene rings is 1. The van der Waals surface area contributed by atoms with Crippen LogP contribution in [0.5, 0.6) is 11.5 Å². The smallest absolute Gasteiger partial charge is 0.251 e. The molecule has 0 unspecified atom stereocenters. The first-order valence-electron chi connectivity index (χ1n) is 8.05. The van der Waals surface area contributed by atoms with Crippen molar-refractivity contribution >= 4 is 15.9 Å². The Kier molecular flexibility index (Phi) is 5.16. The van der Waals surface area contributed by atoms with Crippen LogP contribution < -0.4 is 14.8 Å². The van der Waals surface area contributed by atoms with Gasteiger partial charge in [0, 0.05) is 25.6 Å². The summed E-state index contributed by atoms with van der Waals surface area (Å²) in [4.78, 5) is 12.5. The first-order valence-corrected chi connectivity index (χ1v) is 9.66. The van der Waals surface area contributed by atoms with Gasteiger partial charge in [-0.1, -0.05) is 0 Å². The topological polar surface area (TPSA) is 94.2 Å². The van der Waals surface area contributed by atoms with Crippen LogP contribution in [0.2, 0.25) is 0 Å². The van der Waals surface area contributed by atoms with Crippen molar-refractivity contribution in [2.24, 2.45) is 5.92 Å². The number of rotatable bonds is 5. The lowest BCUT2D eigenvalue weighted by molar-refractivity contribution is 0.0924. The molecule has 0 spiro atoms. The number of carbonyl (C=O) groups excluding carboxylic acids is 1. The molecule has 1 aromatic rings. The van der Waals surface area contributed by atoms with Gasteiger partial charge in [0.25, 0.3) is 5.91 Å². The minimum absolute atomic E-state index is 0.0634. The highest BCUT2D eigenvalue weighted by Crippen LogP contribution is 2.30. The Hall–Kier alpha value is -1.84. The van der Waals surface area contributed by atoms with E-state index in [4.69, 9.17) is 14.2 Å². The van der Waals surface area contributed by atoms with Crippen molar-refractivity contribution in [1.82, 2.24) is 9.62 Å². The summed E-state index contributed by atoms with van der Waals surface area (Å²) in [6, 6.07) is 4.63. The number of sulfonamides is 1. The van der Waals surface area contributed by atoms with Crippen molar-refractivity contribution < 1.29 is 27.4 Å². The maximum atomic E-state index is 12.5. The minimum atomic E-state index is -3.36. The summed E-state index contributed by atoms with van der Waals surface area (Å²) in [5.41, 5.74) is 0.436. The van der Waals surface area contributed by atoms with E-state index in [0.717, 1.165) is 0 Å². The molecule has 1 fully saturated rings. The van der Waals surface area contributed by atoms with E-state index >= 15 is 0 Å². The average Bonchev–Trinajstić information content (AvgIpc) is 3.00. The molecule has 1 N–H and O–H groups in total. The summed E-state index contributed by atoms with van der Waals surface area (Å²) in [5, 5.41) is 2.87. The van der Waals surface area contributed by atoms with Crippen molar-refractivity contribution in [3.05, 3.63) is 23.8 Å². The van der Waals surface area contributed by atoms with Gasteiger partial charge in [-0.25, -0.2) is 12.7 Å². The van der Waals surface area contributed by atoms with Crippen molar-refractivity contribution in [1.29, 1.82) is 0 Å². The summed E-state index contributed by atoms with van der Waals surface area (Å²) in [6.07, 6.45) is 0. The molecule has 2 atom stereocenters. The molecule has 8 nitrogen and oxygen atoms in total. The van der Waals surface area contributed by atoms with Gasteiger partial charge in [-0.05, 0) is 18.2 Å². The molecule has 0 saturated carbocycles. The van der Waals surface area contributed by atoms with Crippen molar-refractivity contribution in [3.63, 3.8) is 0 Å². The van der Waals surface area contributed by atoms with E-state index in [1.54, 1.807) is 18.2 Å². The number of fused-ring (bicyclic) bond motifs is 1. The molecule has 1 amide bonds. The Bertz CT molecular complexity index is 749. The molecular formula is C16H22N2O6S. The predicted molar refractivity (Wildman–Crippen MR) is 90.5 cm³/mol. The highest BCUT2D eigenvalue weighted by molar-refractivity contribution is 7.89. The van der Waals surface area contributed by atoms with Crippen LogP contribution in [-0.2, 0) is 14.8 Å². The van der Waals surface area contributed by atoms with E-state index in [9.17, 15) is 13.2 Å². The molecule has 0 radical (unpaired) electrons. The van der Waals surface area contributed by atoms with Crippen LogP contribution in [0, 0.1) is 5.92 Å². The second-order valence-corrected chi connectivity index (χ2v) is 8.52. The van der Waals surface area contributed by atoms with Gasteiger partial charge in [-0.2, -0.15) is 0 Å². The standard InChI is InChI=1S/C16H22N2O6S/c1-18(2)25(20,21)10-12-8-22-9-13(12)17-16(19)11-3-4-14-15(7-11)24-6-5-23-14/h3-4,7,12-13H,5-6,8-10H2,1-2H3,(H,17,19)/t12-,13-/m0/s1. The van der Waals surface area contributed by atoms with Crippen LogP contribution in [0.3, 0.4) is 0 Å². The van der Waals surface area contributed by atoms with E-state index in [0.29, 0.717) is 43.5 Å². The van der Waals surface area contributed by atoms with E-state index in [-0.39, 0.29) is 23.6 Å². The zero-order valence-corrected chi connectivity index (χ0v) is 15.0. The molecule has 2 heterocycles. The molecule has 0 bridgehead atoms. The molecule has 138 valence electrons. The van der Waals surface area contributed by atoms with E-state index in [1.807, 2.05) is 0 Å². The molecule has 1 aromatic carbocycles. The quantitative estimate of drug-likeness (QED) is 0.790. The molecular weight excluding hydrogens is 348 g/mol. The van der Waals surface area contributed by atoms with Crippen LogP contribution in [0.15, 0.2) is 18.2 Å². The number of nitrogens with one attached hydrogen (secondary N) is 1. The van der Waals surface area contributed by atoms with Gasteiger partial charge in [0.1, 0.15) is 13.2 Å². The summed E-state index contributed by atoms with van der Waals surface area (Å²) in [7, 11) is -0.374. The fourth-order valence-electron chi connectivity index (χ4n) is 2.78. The van der Waals surface area contributed by atoms with Gasteiger partial charge in [0.2, 0.25) is 10.0 Å². The summed E-state index contributed by atoms with van der Waals surface area (Å²) in [6.45, 7) is 1.53. The van der Waals surface area contributed by atoms with Crippen LogP contribution in [0.4, 0.5) is 0 Å². The second kappa shape index (κ2) is 7.19. The second-order valence-electron chi connectivity index (χ2n) is 6.30. The Balaban J connectivity index is 1.67. The molecule has 3 rings (SSSR count). The molecule has 25 heavy (non-hydrogen) atoms. The number of hydrogen-bond acceptors (Lipinski definition) is 6. The summed E-state index contributed by atoms with van der Waals surface area (Å²) < 4.78 is 41.6.